The number of rotatable bonds is 27. The van der Waals surface area contributed by atoms with Gasteiger partial charge in [-0.2, -0.15) is 26.3 Å². The summed E-state index contributed by atoms with van der Waals surface area (Å²) < 4.78 is 116. The molecule has 4 amide bonds. The number of nitrogens with zero attached hydrogens (tertiary/aromatic N) is 6. The maximum absolute atomic E-state index is 14.2. The third-order valence-electron chi connectivity index (χ3n) is 19.7. The van der Waals surface area contributed by atoms with Gasteiger partial charge in [-0.15, -0.1) is 0 Å². The first-order valence-corrected chi connectivity index (χ1v) is 33.5. The van der Waals surface area contributed by atoms with Crippen molar-refractivity contribution in [3.8, 4) is 11.1 Å². The van der Waals surface area contributed by atoms with E-state index in [9.17, 15) is 54.7 Å². The van der Waals surface area contributed by atoms with Crippen LogP contribution in [0.2, 0.25) is 0 Å². The molecule has 0 saturated carbocycles. The number of nitrogens with one attached hydrogen (secondary N) is 1. The number of anilines is 1. The average molecular weight is 1350 g/mol. The number of benzene rings is 6. The molecule has 3 heterocycles. The molecule has 10 rings (SSSR count). The van der Waals surface area contributed by atoms with E-state index in [0.717, 1.165) is 91.0 Å². The standard InChI is InChI=1S/C75H86F7N7O8/c1-84(36-13-5-8-22-68(91)86(3)43-44-87-38-31-62(32-39-87)97-71(94)83-65-20-12-10-18-63(65)54-15-6-4-7-16-54)49-53-23-25-55(26-24-53)66(90)21-14-37-85(2)69(92)50-95-67-47-56-17-9-11-19-64(56)72(67)33-40-88(41-34-72)42-35-73(58-27-29-61(76)30-28-58)51-89(52-96-73)70(93)57-45-59(74(77,78)79)48-60(46-57)75(80,81)82/h4,6-7,9-12,15-20,23-30,45-46,48,62,67H,5,8,13-14,21-22,31-44,47,49-52H2,1-3H3,(H,83,94)/t67-,73-/m0/s1. The molecule has 6 aromatic rings. The van der Waals surface area contributed by atoms with Gasteiger partial charge < -0.3 is 43.6 Å². The zero-order valence-electron chi connectivity index (χ0n) is 55.3. The fourth-order valence-electron chi connectivity index (χ4n) is 14.0. The second-order valence-corrected chi connectivity index (χ2v) is 26.4. The Balaban J connectivity index is 0.603. The van der Waals surface area contributed by atoms with Crippen LogP contribution in [0.5, 0.6) is 0 Å². The summed E-state index contributed by atoms with van der Waals surface area (Å²) in [4.78, 5) is 77.9. The number of likely N-dealkylation sites (tertiary alicyclic amines) is 2. The number of para-hydroxylation sites is 1. The van der Waals surface area contributed by atoms with Crippen molar-refractivity contribution in [1.82, 2.24) is 29.4 Å². The summed E-state index contributed by atoms with van der Waals surface area (Å²) in [6.07, 6.45) is -3.64. The zero-order chi connectivity index (χ0) is 68.9. The lowest BCUT2D eigenvalue weighted by molar-refractivity contribution is -0.143. The number of fused-ring (bicyclic) bond motifs is 2. The highest BCUT2D eigenvalue weighted by atomic mass is 19.4. The summed E-state index contributed by atoms with van der Waals surface area (Å²) in [6.45, 7) is 5.76. The van der Waals surface area contributed by atoms with Crippen molar-refractivity contribution in [3.05, 3.63) is 196 Å². The number of unbranched alkanes of at least 4 members (excludes halogenated alkanes) is 2. The number of halogens is 7. The quantitative estimate of drug-likeness (QED) is 0.0299. The van der Waals surface area contributed by atoms with E-state index in [0.29, 0.717) is 100 Å². The van der Waals surface area contributed by atoms with E-state index in [1.807, 2.05) is 103 Å². The lowest BCUT2D eigenvalue weighted by atomic mass is 9.72. The second kappa shape index (κ2) is 32.1. The Hall–Kier alpha value is -8.02. The van der Waals surface area contributed by atoms with E-state index in [1.165, 1.54) is 24.3 Å². The molecule has 2 atom stereocenters. The summed E-state index contributed by atoms with van der Waals surface area (Å²) in [5, 5.41) is 2.93. The molecule has 0 aromatic heterocycles. The van der Waals surface area contributed by atoms with Gasteiger partial charge in [0, 0.05) is 94.9 Å². The monoisotopic (exact) mass is 1350 g/mol. The van der Waals surface area contributed by atoms with Crippen LogP contribution < -0.4 is 5.32 Å². The molecule has 22 heteroatoms. The molecule has 0 radical (unpaired) electrons. The number of ketones is 1. The first kappa shape index (κ1) is 71.7. The lowest BCUT2D eigenvalue weighted by Crippen LogP contribution is -2.50. The highest BCUT2D eigenvalue weighted by Crippen LogP contribution is 2.48. The van der Waals surface area contributed by atoms with Gasteiger partial charge in [0.05, 0.1) is 29.5 Å². The van der Waals surface area contributed by atoms with Crippen LogP contribution in [0, 0.1) is 5.82 Å². The summed E-state index contributed by atoms with van der Waals surface area (Å²) in [5.41, 5.74) is 1.46. The number of Topliss-reactive ketones (excluding diaryl/α,β-unsaturated/α-hetero) is 1. The van der Waals surface area contributed by atoms with E-state index < -0.39 is 64.6 Å². The van der Waals surface area contributed by atoms with Crippen molar-refractivity contribution in [2.45, 2.75) is 119 Å². The SMILES string of the molecule is CN(CCCCCC(=O)N(C)CCN1CCC(OC(=O)Nc2ccccc2-c2ccccc2)CC1)Cc1ccc(C(=O)CCCN(C)C(=O)CO[C@H]2Cc3ccccc3C23CCN(CC[C@@]2(c4ccc(F)cc4)CN(C(=O)c4cc(C(F)(F)F)cc(C(F)(F)F)c4)CO2)CC3)cc1. The fraction of sp³-hybridized carbons (Fsp3) is 0.453. The third-order valence-corrected chi connectivity index (χ3v) is 19.7. The molecule has 0 unspecified atom stereocenters. The molecule has 518 valence electrons. The predicted molar refractivity (Wildman–Crippen MR) is 355 cm³/mol. The number of carbonyl (C=O) groups is 5. The lowest BCUT2D eigenvalue weighted by Gasteiger charge is -2.44. The Morgan fingerprint density at radius 3 is 2.00 bits per heavy atom. The molecule has 97 heavy (non-hydrogen) atoms. The van der Waals surface area contributed by atoms with Gasteiger partial charge >= 0.3 is 18.4 Å². The third kappa shape index (κ3) is 18.6. The molecular formula is C75H86F7N7O8. The van der Waals surface area contributed by atoms with Gasteiger partial charge in [-0.3, -0.25) is 24.5 Å². The van der Waals surface area contributed by atoms with Gasteiger partial charge in [0.25, 0.3) is 5.91 Å². The number of piperidine rings is 2. The van der Waals surface area contributed by atoms with E-state index in [-0.39, 0.29) is 61.9 Å². The number of likely N-dealkylation sites (N-methyl/N-ethyl adjacent to an activating group) is 2. The van der Waals surface area contributed by atoms with Crippen LogP contribution >= 0.6 is 0 Å². The van der Waals surface area contributed by atoms with Crippen LogP contribution in [0.3, 0.4) is 0 Å². The minimum atomic E-state index is -5.15. The number of hydrogen-bond acceptors (Lipinski definition) is 11. The highest BCUT2D eigenvalue weighted by molar-refractivity contribution is 5.96. The Labute approximate surface area is 562 Å². The summed E-state index contributed by atoms with van der Waals surface area (Å²) in [6, 6.07) is 39.6. The minimum Gasteiger partial charge on any atom is -0.446 e. The Kier molecular flexibility index (Phi) is 23.7. The van der Waals surface area contributed by atoms with E-state index in [2.05, 4.69) is 39.2 Å². The Bertz CT molecular complexity index is 3620. The van der Waals surface area contributed by atoms with Crippen molar-refractivity contribution in [1.29, 1.82) is 0 Å². The number of carbonyl (C=O) groups excluding carboxylic acids is 5. The molecule has 3 saturated heterocycles. The topological polar surface area (TPSA) is 145 Å². The molecule has 1 aliphatic carbocycles. The van der Waals surface area contributed by atoms with E-state index >= 15 is 0 Å². The van der Waals surface area contributed by atoms with Crippen LogP contribution in [0.15, 0.2) is 146 Å². The summed E-state index contributed by atoms with van der Waals surface area (Å²) >= 11 is 0. The number of alkyl halides is 6. The summed E-state index contributed by atoms with van der Waals surface area (Å²) in [5.74, 6) is -1.68. The first-order chi connectivity index (χ1) is 46.4. The van der Waals surface area contributed by atoms with Crippen molar-refractivity contribution in [3.63, 3.8) is 0 Å². The second-order valence-electron chi connectivity index (χ2n) is 26.4. The van der Waals surface area contributed by atoms with Crippen LogP contribution in [0.25, 0.3) is 11.1 Å². The van der Waals surface area contributed by atoms with Gasteiger partial charge in [-0.05, 0) is 149 Å². The molecule has 0 bridgehead atoms. The van der Waals surface area contributed by atoms with Crippen LogP contribution in [-0.4, -0.2) is 171 Å². The van der Waals surface area contributed by atoms with Gasteiger partial charge in [-0.1, -0.05) is 116 Å². The largest absolute Gasteiger partial charge is 0.446 e. The summed E-state index contributed by atoms with van der Waals surface area (Å²) in [7, 11) is 5.63. The average Bonchev–Trinajstić information content (AvgIpc) is 1.60. The van der Waals surface area contributed by atoms with E-state index in [4.69, 9.17) is 14.2 Å². The van der Waals surface area contributed by atoms with Crippen LogP contribution in [-0.2, 0) is 60.1 Å². The van der Waals surface area contributed by atoms with Crippen molar-refractivity contribution < 1.29 is 68.9 Å². The molecule has 1 N–H and O–H groups in total. The van der Waals surface area contributed by atoms with Crippen molar-refractivity contribution >= 4 is 35.3 Å². The molecule has 6 aromatic carbocycles. The fourth-order valence-corrected chi connectivity index (χ4v) is 14.0. The smallest absolute Gasteiger partial charge is 0.416 e. The van der Waals surface area contributed by atoms with Crippen molar-refractivity contribution in [2.24, 2.45) is 0 Å². The number of hydrogen-bond donors (Lipinski definition) is 1. The van der Waals surface area contributed by atoms with Gasteiger partial charge in [0.1, 0.15) is 30.9 Å². The van der Waals surface area contributed by atoms with E-state index in [1.54, 1.807) is 11.9 Å². The maximum atomic E-state index is 14.2. The maximum Gasteiger partial charge on any atom is 0.416 e. The Morgan fingerprint density at radius 1 is 0.649 bits per heavy atom. The molecule has 1 spiro atoms. The number of amides is 4. The van der Waals surface area contributed by atoms with Gasteiger partial charge in [-0.25, -0.2) is 9.18 Å². The predicted octanol–water partition coefficient (Wildman–Crippen LogP) is 13.5. The first-order valence-electron chi connectivity index (χ1n) is 33.5. The van der Waals surface area contributed by atoms with Crippen LogP contribution in [0.4, 0.5) is 41.2 Å². The normalized spacial score (nSPS) is 18.3. The molecule has 3 fully saturated rings. The van der Waals surface area contributed by atoms with Gasteiger partial charge in [0.2, 0.25) is 11.8 Å². The van der Waals surface area contributed by atoms with Crippen molar-refractivity contribution in [2.75, 3.05) is 105 Å². The molecule has 3 aliphatic heterocycles. The number of ether oxygens (including phenoxy) is 3. The van der Waals surface area contributed by atoms with Gasteiger partial charge in [0.15, 0.2) is 5.78 Å². The minimum absolute atomic E-state index is 0.0111. The zero-order valence-corrected chi connectivity index (χ0v) is 55.3. The Morgan fingerprint density at radius 2 is 1.30 bits per heavy atom. The van der Waals surface area contributed by atoms with Crippen LogP contribution in [0.1, 0.15) is 125 Å². The molecule has 15 nitrogen and oxygen atoms in total. The molecular weight excluding hydrogens is 1260 g/mol. The highest BCUT2D eigenvalue weighted by Gasteiger charge is 2.50. The molecule has 4 aliphatic rings.